The summed E-state index contributed by atoms with van der Waals surface area (Å²) in [6.07, 6.45) is 3.46. The second kappa shape index (κ2) is 6.83. The molecule has 1 aliphatic heterocycles. The van der Waals surface area contributed by atoms with Gasteiger partial charge in [-0.15, -0.1) is 5.10 Å². The lowest BCUT2D eigenvalue weighted by atomic mass is 10.1. The Bertz CT molecular complexity index is 521. The summed E-state index contributed by atoms with van der Waals surface area (Å²) in [4.78, 5) is 4.28. The van der Waals surface area contributed by atoms with Crippen molar-refractivity contribution in [3.05, 3.63) is 17.8 Å². The van der Waals surface area contributed by atoms with E-state index in [9.17, 15) is 5.26 Å². The van der Waals surface area contributed by atoms with Crippen LogP contribution in [0.2, 0.25) is 0 Å². The maximum atomic E-state index is 9.20. The van der Waals surface area contributed by atoms with Gasteiger partial charge in [-0.25, -0.2) is 0 Å². The van der Waals surface area contributed by atoms with Gasteiger partial charge in [0.05, 0.1) is 23.9 Å². The molecule has 104 valence electrons. The van der Waals surface area contributed by atoms with Crippen molar-refractivity contribution in [2.45, 2.75) is 25.8 Å². The number of piperazine rings is 1. The van der Waals surface area contributed by atoms with Gasteiger partial charge in [0.25, 0.3) is 0 Å². The molecule has 1 fully saturated rings. The molecule has 1 aromatic rings. The molecule has 0 saturated carbocycles. The summed E-state index contributed by atoms with van der Waals surface area (Å²) < 4.78 is 0. The first-order valence-electron chi connectivity index (χ1n) is 6.90. The standard InChI is InChI=1S/C14H18N6/c1-2-3-13(11-16)19-6-8-20(9-7-19)14-12(10-15)4-5-17-18-14/h4-5,13H,2-3,6-9H2,1H3. The number of hydrogen-bond donors (Lipinski definition) is 0. The highest BCUT2D eigenvalue weighted by atomic mass is 15.3. The average molecular weight is 270 g/mol. The molecule has 0 N–H and O–H groups in total. The van der Waals surface area contributed by atoms with Crippen LogP contribution in [0, 0.1) is 22.7 Å². The Kier molecular flexibility index (Phi) is 4.86. The van der Waals surface area contributed by atoms with Gasteiger partial charge < -0.3 is 4.90 Å². The molecule has 1 atom stereocenters. The number of rotatable bonds is 4. The van der Waals surface area contributed by atoms with Crippen LogP contribution in [0.3, 0.4) is 0 Å². The van der Waals surface area contributed by atoms with E-state index >= 15 is 0 Å². The maximum Gasteiger partial charge on any atom is 0.169 e. The fourth-order valence-electron chi connectivity index (χ4n) is 2.49. The van der Waals surface area contributed by atoms with E-state index in [4.69, 9.17) is 5.26 Å². The fourth-order valence-corrected chi connectivity index (χ4v) is 2.49. The third-order valence-electron chi connectivity index (χ3n) is 3.59. The lowest BCUT2D eigenvalue weighted by Gasteiger charge is -2.37. The first kappa shape index (κ1) is 14.2. The van der Waals surface area contributed by atoms with Crippen molar-refractivity contribution in [3.8, 4) is 12.1 Å². The van der Waals surface area contributed by atoms with Gasteiger partial charge in [-0.1, -0.05) is 13.3 Å². The molecule has 20 heavy (non-hydrogen) atoms. The molecule has 1 aliphatic rings. The molecule has 6 heteroatoms. The van der Waals surface area contributed by atoms with Crippen LogP contribution in [0.15, 0.2) is 12.3 Å². The molecule has 1 saturated heterocycles. The normalized spacial score (nSPS) is 17.2. The van der Waals surface area contributed by atoms with Gasteiger partial charge in [0.1, 0.15) is 6.07 Å². The largest absolute Gasteiger partial charge is 0.351 e. The van der Waals surface area contributed by atoms with E-state index in [1.165, 1.54) is 6.20 Å². The summed E-state index contributed by atoms with van der Waals surface area (Å²) in [7, 11) is 0. The molecule has 0 spiro atoms. The first-order valence-corrected chi connectivity index (χ1v) is 6.90. The van der Waals surface area contributed by atoms with Crippen molar-refractivity contribution in [2.75, 3.05) is 31.1 Å². The Labute approximate surface area is 119 Å². The zero-order valence-corrected chi connectivity index (χ0v) is 11.7. The van der Waals surface area contributed by atoms with Crippen molar-refractivity contribution < 1.29 is 0 Å². The Balaban J connectivity index is 2.01. The van der Waals surface area contributed by atoms with Gasteiger partial charge >= 0.3 is 0 Å². The number of hydrogen-bond acceptors (Lipinski definition) is 6. The van der Waals surface area contributed by atoms with E-state index in [1.807, 2.05) is 0 Å². The highest BCUT2D eigenvalue weighted by Gasteiger charge is 2.25. The average Bonchev–Trinajstić information content (AvgIpc) is 2.53. The molecule has 0 aliphatic carbocycles. The number of anilines is 1. The number of nitrogens with zero attached hydrogens (tertiary/aromatic N) is 6. The third kappa shape index (κ3) is 3.04. The lowest BCUT2D eigenvalue weighted by Crippen LogP contribution is -2.50. The van der Waals surface area contributed by atoms with Gasteiger partial charge in [-0.3, -0.25) is 4.90 Å². The number of nitriles is 2. The topological polar surface area (TPSA) is 79.8 Å². The molecule has 2 rings (SSSR count). The molecule has 0 amide bonds. The van der Waals surface area contributed by atoms with Crippen molar-refractivity contribution in [2.24, 2.45) is 0 Å². The second-order valence-electron chi connectivity index (χ2n) is 4.84. The van der Waals surface area contributed by atoms with Crippen molar-refractivity contribution in [3.63, 3.8) is 0 Å². The summed E-state index contributed by atoms with van der Waals surface area (Å²) in [5, 5.41) is 26.2. The van der Waals surface area contributed by atoms with Crippen LogP contribution in [0.5, 0.6) is 0 Å². The van der Waals surface area contributed by atoms with Gasteiger partial charge in [-0.05, 0) is 12.5 Å². The summed E-state index contributed by atoms with van der Waals surface area (Å²) in [5.41, 5.74) is 0.554. The van der Waals surface area contributed by atoms with E-state index in [1.54, 1.807) is 6.07 Å². The Hall–Kier alpha value is -2.18. The summed E-state index contributed by atoms with van der Waals surface area (Å²) >= 11 is 0. The summed E-state index contributed by atoms with van der Waals surface area (Å²) in [6.45, 7) is 5.28. The zero-order chi connectivity index (χ0) is 14.4. The van der Waals surface area contributed by atoms with Crippen molar-refractivity contribution >= 4 is 5.82 Å². The molecule has 0 aromatic carbocycles. The first-order chi connectivity index (χ1) is 9.80. The van der Waals surface area contributed by atoms with E-state index < -0.39 is 0 Å². The second-order valence-corrected chi connectivity index (χ2v) is 4.84. The Morgan fingerprint density at radius 1 is 1.30 bits per heavy atom. The zero-order valence-electron chi connectivity index (χ0n) is 11.7. The third-order valence-corrected chi connectivity index (χ3v) is 3.59. The SMILES string of the molecule is CCCC(C#N)N1CCN(c2nnccc2C#N)CC1. The minimum Gasteiger partial charge on any atom is -0.351 e. The molecular formula is C14H18N6. The van der Waals surface area contributed by atoms with Crippen molar-refractivity contribution in [1.29, 1.82) is 10.5 Å². The summed E-state index contributed by atoms with van der Waals surface area (Å²) in [6, 6.07) is 6.21. The predicted octanol–water partition coefficient (Wildman–Crippen LogP) is 1.16. The summed E-state index contributed by atoms with van der Waals surface area (Å²) in [5.74, 6) is 0.652. The lowest BCUT2D eigenvalue weighted by molar-refractivity contribution is 0.211. The highest BCUT2D eigenvalue weighted by Crippen LogP contribution is 2.18. The molecule has 1 unspecified atom stereocenters. The molecule has 0 radical (unpaired) electrons. The monoisotopic (exact) mass is 270 g/mol. The van der Waals surface area contributed by atoms with Gasteiger partial charge in [0.2, 0.25) is 0 Å². The van der Waals surface area contributed by atoms with Crippen LogP contribution in [0.1, 0.15) is 25.3 Å². The van der Waals surface area contributed by atoms with E-state index in [-0.39, 0.29) is 6.04 Å². The fraction of sp³-hybridized carbons (Fsp3) is 0.571. The van der Waals surface area contributed by atoms with Crippen LogP contribution in [0.25, 0.3) is 0 Å². The molecule has 1 aromatic heterocycles. The Morgan fingerprint density at radius 3 is 2.65 bits per heavy atom. The highest BCUT2D eigenvalue weighted by molar-refractivity contribution is 5.52. The Morgan fingerprint density at radius 2 is 2.05 bits per heavy atom. The predicted molar refractivity (Wildman–Crippen MR) is 74.8 cm³/mol. The molecule has 6 nitrogen and oxygen atoms in total. The minimum atomic E-state index is -0.000514. The molecular weight excluding hydrogens is 252 g/mol. The van der Waals surface area contributed by atoms with Gasteiger partial charge in [-0.2, -0.15) is 15.6 Å². The van der Waals surface area contributed by atoms with Gasteiger partial charge in [0.15, 0.2) is 5.82 Å². The van der Waals surface area contributed by atoms with Crippen LogP contribution in [0.4, 0.5) is 5.82 Å². The van der Waals surface area contributed by atoms with E-state index in [0.717, 1.165) is 39.0 Å². The maximum absolute atomic E-state index is 9.20. The van der Waals surface area contributed by atoms with E-state index in [0.29, 0.717) is 11.4 Å². The van der Waals surface area contributed by atoms with Crippen LogP contribution in [-0.2, 0) is 0 Å². The van der Waals surface area contributed by atoms with Crippen LogP contribution >= 0.6 is 0 Å². The molecule has 2 heterocycles. The van der Waals surface area contributed by atoms with Gasteiger partial charge in [0, 0.05) is 26.2 Å². The number of aromatic nitrogens is 2. The van der Waals surface area contributed by atoms with E-state index in [2.05, 4.69) is 39.1 Å². The van der Waals surface area contributed by atoms with Crippen LogP contribution in [-0.4, -0.2) is 47.3 Å². The van der Waals surface area contributed by atoms with Crippen LogP contribution < -0.4 is 4.90 Å². The van der Waals surface area contributed by atoms with Crippen molar-refractivity contribution in [1.82, 2.24) is 15.1 Å². The minimum absolute atomic E-state index is 0.000514. The molecule has 0 bridgehead atoms. The quantitative estimate of drug-likeness (QED) is 0.817. The smallest absolute Gasteiger partial charge is 0.169 e.